The highest BCUT2D eigenvalue weighted by molar-refractivity contribution is 6.33. The van der Waals surface area contributed by atoms with Gasteiger partial charge < -0.3 is 10.1 Å². The smallest absolute Gasteiger partial charge is 0.344 e. The number of benzene rings is 2. The molecule has 0 bridgehead atoms. The Balaban J connectivity index is 1.75. The summed E-state index contributed by atoms with van der Waals surface area (Å²) in [4.78, 5) is 24.8. The van der Waals surface area contributed by atoms with Crippen LogP contribution < -0.4 is 5.32 Å². The summed E-state index contributed by atoms with van der Waals surface area (Å²) in [6, 6.07) is 10.7. The number of nitrogens with zero attached hydrogens (tertiary/aromatic N) is 2. The second-order valence-corrected chi connectivity index (χ2v) is 6.54. The van der Waals surface area contributed by atoms with Crippen LogP contribution in [0.5, 0.6) is 0 Å². The van der Waals surface area contributed by atoms with Crippen LogP contribution >= 0.6 is 11.6 Å². The first-order valence-corrected chi connectivity index (χ1v) is 8.92. The Morgan fingerprint density at radius 3 is 2.48 bits per heavy atom. The number of anilines is 1. The summed E-state index contributed by atoms with van der Waals surface area (Å²) in [7, 11) is 0. The van der Waals surface area contributed by atoms with E-state index in [-0.39, 0.29) is 22.1 Å². The van der Waals surface area contributed by atoms with E-state index in [1.807, 2.05) is 0 Å². The third-order valence-corrected chi connectivity index (χ3v) is 4.37. The van der Waals surface area contributed by atoms with E-state index in [0.717, 1.165) is 6.07 Å². The van der Waals surface area contributed by atoms with Crippen molar-refractivity contribution in [3.63, 3.8) is 0 Å². The molecule has 0 saturated heterocycles. The van der Waals surface area contributed by atoms with E-state index in [2.05, 4.69) is 10.4 Å². The van der Waals surface area contributed by atoms with Gasteiger partial charge in [-0.15, -0.1) is 0 Å². The molecule has 29 heavy (non-hydrogen) atoms. The molecule has 3 rings (SSSR count). The largest absolute Gasteiger partial charge is 0.449 e. The van der Waals surface area contributed by atoms with Crippen molar-refractivity contribution in [1.82, 2.24) is 9.78 Å². The Labute approximate surface area is 170 Å². The van der Waals surface area contributed by atoms with E-state index in [1.165, 1.54) is 54.1 Å². The van der Waals surface area contributed by atoms with Crippen LogP contribution in [0.3, 0.4) is 0 Å². The molecule has 0 fully saturated rings. The fourth-order valence-corrected chi connectivity index (χ4v) is 2.92. The van der Waals surface area contributed by atoms with Gasteiger partial charge in [0.25, 0.3) is 5.91 Å². The van der Waals surface area contributed by atoms with Crippen molar-refractivity contribution in [2.45, 2.75) is 20.0 Å². The fourth-order valence-electron chi connectivity index (χ4n) is 2.57. The Bertz CT molecular complexity index is 1070. The zero-order chi connectivity index (χ0) is 21.1. The Morgan fingerprint density at radius 2 is 1.83 bits per heavy atom. The molecule has 1 amide bonds. The van der Waals surface area contributed by atoms with Gasteiger partial charge in [0, 0.05) is 5.69 Å². The SMILES string of the molecule is Cc1nn(-c2ccc(F)cc2)c(Cl)c1C(=O)OC(C)C(=O)Nc1cccc(F)c1. The van der Waals surface area contributed by atoms with Crippen LogP contribution in [-0.2, 0) is 9.53 Å². The lowest BCUT2D eigenvalue weighted by Crippen LogP contribution is -2.30. The molecule has 9 heteroatoms. The molecular formula is C20H16ClF2N3O3. The van der Waals surface area contributed by atoms with Crippen molar-refractivity contribution in [1.29, 1.82) is 0 Å². The monoisotopic (exact) mass is 419 g/mol. The zero-order valence-electron chi connectivity index (χ0n) is 15.4. The summed E-state index contributed by atoms with van der Waals surface area (Å²) in [5.41, 5.74) is 0.954. The molecule has 6 nitrogen and oxygen atoms in total. The molecular weight excluding hydrogens is 404 g/mol. The molecule has 1 aromatic heterocycles. The van der Waals surface area contributed by atoms with E-state index in [4.69, 9.17) is 16.3 Å². The highest BCUT2D eigenvalue weighted by atomic mass is 35.5. The molecule has 3 aromatic rings. The molecule has 0 radical (unpaired) electrons. The fraction of sp³-hybridized carbons (Fsp3) is 0.150. The predicted molar refractivity (Wildman–Crippen MR) is 103 cm³/mol. The van der Waals surface area contributed by atoms with E-state index in [0.29, 0.717) is 5.69 Å². The number of esters is 1. The summed E-state index contributed by atoms with van der Waals surface area (Å²) in [6.45, 7) is 2.93. The lowest BCUT2D eigenvalue weighted by molar-refractivity contribution is -0.123. The summed E-state index contributed by atoms with van der Waals surface area (Å²) in [5, 5.41) is 6.61. The molecule has 150 valence electrons. The van der Waals surface area contributed by atoms with Gasteiger partial charge in [0.2, 0.25) is 0 Å². The predicted octanol–water partition coefficient (Wildman–Crippen LogP) is 4.30. The van der Waals surface area contributed by atoms with Gasteiger partial charge in [-0.3, -0.25) is 4.79 Å². The minimum Gasteiger partial charge on any atom is -0.449 e. The first-order chi connectivity index (χ1) is 13.8. The van der Waals surface area contributed by atoms with Crippen LogP contribution in [0.2, 0.25) is 5.15 Å². The van der Waals surface area contributed by atoms with Crippen LogP contribution in [0, 0.1) is 18.6 Å². The molecule has 2 aromatic carbocycles. The van der Waals surface area contributed by atoms with Gasteiger partial charge in [0.15, 0.2) is 6.10 Å². The lowest BCUT2D eigenvalue weighted by Gasteiger charge is -2.13. The minimum absolute atomic E-state index is 0.0126. The van der Waals surface area contributed by atoms with Gasteiger partial charge in [-0.05, 0) is 56.3 Å². The summed E-state index contributed by atoms with van der Waals surface area (Å²) >= 11 is 6.27. The van der Waals surface area contributed by atoms with Gasteiger partial charge in [0.1, 0.15) is 22.4 Å². The number of carbonyl (C=O) groups excluding carboxylic acids is 2. The average molecular weight is 420 g/mol. The highest BCUT2D eigenvalue weighted by Gasteiger charge is 2.26. The van der Waals surface area contributed by atoms with Crippen molar-refractivity contribution in [3.8, 4) is 5.69 Å². The van der Waals surface area contributed by atoms with Gasteiger partial charge in [-0.1, -0.05) is 17.7 Å². The number of amides is 1. The number of hydrogen-bond donors (Lipinski definition) is 1. The van der Waals surface area contributed by atoms with Crippen molar-refractivity contribution in [3.05, 3.63) is 76.6 Å². The summed E-state index contributed by atoms with van der Waals surface area (Å²) in [6.07, 6.45) is -1.17. The molecule has 1 atom stereocenters. The van der Waals surface area contributed by atoms with Crippen LogP contribution in [0.4, 0.5) is 14.5 Å². The van der Waals surface area contributed by atoms with Crippen LogP contribution in [-0.4, -0.2) is 27.8 Å². The van der Waals surface area contributed by atoms with E-state index in [1.54, 1.807) is 6.92 Å². The van der Waals surface area contributed by atoms with E-state index >= 15 is 0 Å². The topological polar surface area (TPSA) is 73.2 Å². The third-order valence-electron chi connectivity index (χ3n) is 4.02. The molecule has 0 aliphatic carbocycles. The van der Waals surface area contributed by atoms with E-state index in [9.17, 15) is 18.4 Å². The second kappa shape index (κ2) is 8.40. The number of aromatic nitrogens is 2. The number of ether oxygens (including phenoxy) is 1. The van der Waals surface area contributed by atoms with Gasteiger partial charge in [-0.25, -0.2) is 18.3 Å². The maximum atomic E-state index is 13.2. The van der Waals surface area contributed by atoms with Crippen LogP contribution in [0.15, 0.2) is 48.5 Å². The van der Waals surface area contributed by atoms with Gasteiger partial charge >= 0.3 is 5.97 Å². The Hall–Kier alpha value is -3.26. The molecule has 0 spiro atoms. The molecule has 0 aliphatic heterocycles. The number of halogens is 3. The maximum absolute atomic E-state index is 13.2. The van der Waals surface area contributed by atoms with Crippen LogP contribution in [0.1, 0.15) is 23.0 Å². The Kier molecular flexibility index (Phi) is 5.93. The van der Waals surface area contributed by atoms with Crippen molar-refractivity contribution in [2.75, 3.05) is 5.32 Å². The zero-order valence-corrected chi connectivity index (χ0v) is 16.2. The van der Waals surface area contributed by atoms with Gasteiger partial charge in [-0.2, -0.15) is 5.10 Å². The number of rotatable bonds is 5. The number of carbonyl (C=O) groups is 2. The summed E-state index contributed by atoms with van der Waals surface area (Å²) in [5.74, 6) is -2.42. The normalized spacial score (nSPS) is 11.8. The quantitative estimate of drug-likeness (QED) is 0.626. The van der Waals surface area contributed by atoms with Crippen LogP contribution in [0.25, 0.3) is 5.69 Å². The van der Waals surface area contributed by atoms with Gasteiger partial charge in [0.05, 0.1) is 11.4 Å². The molecule has 1 unspecified atom stereocenters. The molecule has 0 aliphatic rings. The number of nitrogens with one attached hydrogen (secondary N) is 1. The van der Waals surface area contributed by atoms with E-state index < -0.39 is 29.6 Å². The first kappa shape index (κ1) is 20.5. The lowest BCUT2D eigenvalue weighted by atomic mass is 10.2. The average Bonchev–Trinajstić information content (AvgIpc) is 2.96. The van der Waals surface area contributed by atoms with Crippen molar-refractivity contribution in [2.24, 2.45) is 0 Å². The minimum atomic E-state index is -1.17. The third kappa shape index (κ3) is 4.60. The first-order valence-electron chi connectivity index (χ1n) is 8.54. The molecule has 1 heterocycles. The molecule has 1 N–H and O–H groups in total. The highest BCUT2D eigenvalue weighted by Crippen LogP contribution is 2.25. The summed E-state index contributed by atoms with van der Waals surface area (Å²) < 4.78 is 32.8. The second-order valence-electron chi connectivity index (χ2n) is 6.19. The standard InChI is InChI=1S/C20H16ClF2N3O3/c1-11-17(18(21)26(25-11)16-8-6-13(22)7-9-16)20(28)29-12(2)19(27)24-15-5-3-4-14(23)10-15/h3-10,12H,1-2H3,(H,24,27). The molecule has 0 saturated carbocycles. The van der Waals surface area contributed by atoms with Crippen molar-refractivity contribution >= 4 is 29.2 Å². The Morgan fingerprint density at radius 1 is 1.14 bits per heavy atom. The number of hydrogen-bond acceptors (Lipinski definition) is 4. The number of aryl methyl sites for hydroxylation is 1. The van der Waals surface area contributed by atoms with Crippen molar-refractivity contribution < 1.29 is 23.1 Å². The maximum Gasteiger partial charge on any atom is 0.344 e.